The highest BCUT2D eigenvalue weighted by Crippen LogP contribution is 2.27. The Morgan fingerprint density at radius 3 is 2.68 bits per heavy atom. The number of hydrogen-bond acceptors (Lipinski definition) is 5. The molecule has 142 valence electrons. The molecule has 1 aromatic heterocycles. The molecule has 0 radical (unpaired) electrons. The Labute approximate surface area is 167 Å². The topological polar surface area (TPSA) is 59.5 Å². The van der Waals surface area contributed by atoms with Crippen molar-refractivity contribution in [3.8, 4) is 10.6 Å². The number of carbonyl (C=O) groups is 2. The van der Waals surface area contributed by atoms with Gasteiger partial charge in [0.05, 0.1) is 11.6 Å². The Morgan fingerprint density at radius 1 is 1.18 bits per heavy atom. The monoisotopic (exact) mass is 392 g/mol. The summed E-state index contributed by atoms with van der Waals surface area (Å²) < 4.78 is 5.44. The molecule has 1 fully saturated rings. The Balaban J connectivity index is 1.35. The molecule has 1 amide bonds. The van der Waals surface area contributed by atoms with E-state index >= 15 is 0 Å². The second kappa shape index (κ2) is 7.94. The van der Waals surface area contributed by atoms with Crippen LogP contribution < -0.4 is 4.90 Å². The number of hydrogen-bond donors (Lipinski definition) is 0. The highest BCUT2D eigenvalue weighted by molar-refractivity contribution is 7.13. The van der Waals surface area contributed by atoms with E-state index in [4.69, 9.17) is 4.74 Å². The van der Waals surface area contributed by atoms with Gasteiger partial charge in [0.15, 0.2) is 0 Å². The van der Waals surface area contributed by atoms with E-state index in [1.165, 1.54) is 11.3 Å². The summed E-state index contributed by atoms with van der Waals surface area (Å²) in [6.45, 7) is 2.47. The third-order valence-electron chi connectivity index (χ3n) is 4.74. The summed E-state index contributed by atoms with van der Waals surface area (Å²) in [5, 5.41) is 2.79. The second-order valence-electron chi connectivity index (χ2n) is 6.86. The molecule has 6 heteroatoms. The first-order valence-corrected chi connectivity index (χ1v) is 10.0. The van der Waals surface area contributed by atoms with Crippen LogP contribution in [0.2, 0.25) is 0 Å². The minimum Gasteiger partial charge on any atom is -0.459 e. The van der Waals surface area contributed by atoms with Gasteiger partial charge in [0.1, 0.15) is 11.6 Å². The molecule has 1 saturated heterocycles. The minimum absolute atomic E-state index is 0.0502. The molecule has 0 spiro atoms. The van der Waals surface area contributed by atoms with E-state index in [-0.39, 0.29) is 24.9 Å². The number of aromatic nitrogens is 1. The molecule has 1 aliphatic heterocycles. The molecule has 0 aliphatic carbocycles. The summed E-state index contributed by atoms with van der Waals surface area (Å²) in [6, 6.07) is 17.6. The van der Waals surface area contributed by atoms with Gasteiger partial charge in [-0.1, -0.05) is 48.0 Å². The number of nitrogens with zero attached hydrogens (tertiary/aromatic N) is 2. The maximum absolute atomic E-state index is 12.4. The zero-order valence-electron chi connectivity index (χ0n) is 15.5. The van der Waals surface area contributed by atoms with E-state index < -0.39 is 5.92 Å². The third kappa shape index (κ3) is 3.97. The van der Waals surface area contributed by atoms with Crippen molar-refractivity contribution >= 4 is 28.9 Å². The SMILES string of the molecule is Cc1ccc(N2CC(C(=O)OCc3csc(-c4ccccc4)n3)CC2=O)cc1. The Morgan fingerprint density at radius 2 is 1.93 bits per heavy atom. The predicted molar refractivity (Wildman–Crippen MR) is 109 cm³/mol. The molecular formula is C22H20N2O3S. The number of esters is 1. The quantitative estimate of drug-likeness (QED) is 0.610. The minimum atomic E-state index is -0.443. The second-order valence-corrected chi connectivity index (χ2v) is 7.72. The average molecular weight is 392 g/mol. The lowest BCUT2D eigenvalue weighted by Crippen LogP contribution is -2.26. The first kappa shape index (κ1) is 18.4. The number of carbonyl (C=O) groups excluding carboxylic acids is 2. The Hall–Kier alpha value is -2.99. The molecule has 1 unspecified atom stereocenters. The number of ether oxygens (including phenoxy) is 1. The normalized spacial score (nSPS) is 16.4. The summed E-state index contributed by atoms with van der Waals surface area (Å²) >= 11 is 1.52. The van der Waals surface area contributed by atoms with Crippen LogP contribution in [0.25, 0.3) is 10.6 Å². The molecule has 28 heavy (non-hydrogen) atoms. The number of benzene rings is 2. The number of thiazole rings is 1. The van der Waals surface area contributed by atoms with Crippen LogP contribution in [0.15, 0.2) is 60.0 Å². The standard InChI is InChI=1S/C22H20N2O3S/c1-15-7-9-19(10-8-15)24-12-17(11-20(24)25)22(26)27-13-18-14-28-21(23-18)16-5-3-2-4-6-16/h2-10,14,17H,11-13H2,1H3. The fourth-order valence-corrected chi connectivity index (χ4v) is 4.00. The van der Waals surface area contributed by atoms with Crippen molar-refractivity contribution in [1.29, 1.82) is 0 Å². The summed E-state index contributed by atoms with van der Waals surface area (Å²) in [4.78, 5) is 30.9. The van der Waals surface area contributed by atoms with Gasteiger partial charge in [0.25, 0.3) is 0 Å². The summed E-state index contributed by atoms with van der Waals surface area (Å²) in [5.41, 5.74) is 3.71. The maximum Gasteiger partial charge on any atom is 0.311 e. The first-order chi connectivity index (χ1) is 13.6. The van der Waals surface area contributed by atoms with Crippen molar-refractivity contribution in [1.82, 2.24) is 4.98 Å². The van der Waals surface area contributed by atoms with E-state index in [9.17, 15) is 9.59 Å². The first-order valence-electron chi connectivity index (χ1n) is 9.13. The molecule has 0 bridgehead atoms. The van der Waals surface area contributed by atoms with Gasteiger partial charge in [-0.25, -0.2) is 4.98 Å². The molecule has 4 rings (SSSR count). The largest absolute Gasteiger partial charge is 0.459 e. The van der Waals surface area contributed by atoms with Crippen LogP contribution in [0.4, 0.5) is 5.69 Å². The van der Waals surface area contributed by atoms with Crippen molar-refractivity contribution in [3.05, 3.63) is 71.2 Å². The predicted octanol–water partition coefficient (Wildman–Crippen LogP) is 4.21. The summed E-state index contributed by atoms with van der Waals surface area (Å²) in [5.74, 6) is -0.843. The fraction of sp³-hybridized carbons (Fsp3) is 0.227. The van der Waals surface area contributed by atoms with E-state index in [0.29, 0.717) is 6.54 Å². The van der Waals surface area contributed by atoms with Crippen molar-refractivity contribution in [2.24, 2.45) is 5.92 Å². The maximum atomic E-state index is 12.4. The van der Waals surface area contributed by atoms with Crippen LogP contribution in [-0.4, -0.2) is 23.4 Å². The third-order valence-corrected chi connectivity index (χ3v) is 5.68. The molecule has 0 N–H and O–H groups in total. The number of aryl methyl sites for hydroxylation is 1. The lowest BCUT2D eigenvalue weighted by atomic mass is 10.1. The van der Waals surface area contributed by atoms with Gasteiger partial charge >= 0.3 is 5.97 Å². The van der Waals surface area contributed by atoms with Crippen LogP contribution in [0, 0.1) is 12.8 Å². The van der Waals surface area contributed by atoms with Gasteiger partial charge in [-0.3, -0.25) is 9.59 Å². The van der Waals surface area contributed by atoms with Crippen LogP contribution in [-0.2, 0) is 20.9 Å². The van der Waals surface area contributed by atoms with E-state index in [2.05, 4.69) is 4.98 Å². The van der Waals surface area contributed by atoms with Gasteiger partial charge < -0.3 is 9.64 Å². The zero-order chi connectivity index (χ0) is 19.5. The summed E-state index contributed by atoms with van der Waals surface area (Å²) in [6.07, 6.45) is 0.180. The number of amides is 1. The van der Waals surface area contributed by atoms with Crippen molar-refractivity contribution < 1.29 is 14.3 Å². The lowest BCUT2D eigenvalue weighted by Gasteiger charge is -2.16. The van der Waals surface area contributed by atoms with Gasteiger partial charge in [0.2, 0.25) is 5.91 Å². The van der Waals surface area contributed by atoms with E-state index in [0.717, 1.165) is 27.5 Å². The fourth-order valence-electron chi connectivity index (χ4n) is 3.19. The van der Waals surface area contributed by atoms with Crippen molar-refractivity contribution in [3.63, 3.8) is 0 Å². The smallest absolute Gasteiger partial charge is 0.311 e. The molecule has 2 heterocycles. The lowest BCUT2D eigenvalue weighted by molar-refractivity contribution is -0.149. The number of anilines is 1. The van der Waals surface area contributed by atoms with Crippen molar-refractivity contribution in [2.45, 2.75) is 20.0 Å². The van der Waals surface area contributed by atoms with Gasteiger partial charge in [-0.15, -0.1) is 11.3 Å². The van der Waals surface area contributed by atoms with Crippen LogP contribution in [0.5, 0.6) is 0 Å². The molecule has 1 aliphatic rings. The molecule has 2 aromatic carbocycles. The molecule has 5 nitrogen and oxygen atoms in total. The Kier molecular flexibility index (Phi) is 5.21. The van der Waals surface area contributed by atoms with Crippen molar-refractivity contribution in [2.75, 3.05) is 11.4 Å². The average Bonchev–Trinajstić information content (AvgIpc) is 3.34. The molecular weight excluding hydrogens is 372 g/mol. The summed E-state index contributed by atoms with van der Waals surface area (Å²) in [7, 11) is 0. The number of rotatable bonds is 5. The van der Waals surface area contributed by atoms with Crippen LogP contribution >= 0.6 is 11.3 Å². The van der Waals surface area contributed by atoms with Crippen LogP contribution in [0.1, 0.15) is 17.7 Å². The molecule has 3 aromatic rings. The molecule has 1 atom stereocenters. The van der Waals surface area contributed by atoms with E-state index in [1.54, 1.807) is 4.90 Å². The van der Waals surface area contributed by atoms with Gasteiger partial charge in [0, 0.05) is 29.6 Å². The van der Waals surface area contributed by atoms with Crippen LogP contribution in [0.3, 0.4) is 0 Å². The zero-order valence-corrected chi connectivity index (χ0v) is 16.3. The highest BCUT2D eigenvalue weighted by Gasteiger charge is 2.36. The highest BCUT2D eigenvalue weighted by atomic mass is 32.1. The molecule has 0 saturated carbocycles. The van der Waals surface area contributed by atoms with Gasteiger partial charge in [-0.2, -0.15) is 0 Å². The van der Waals surface area contributed by atoms with Gasteiger partial charge in [-0.05, 0) is 19.1 Å². The van der Waals surface area contributed by atoms with E-state index in [1.807, 2.05) is 66.9 Å². The Bertz CT molecular complexity index is 983.